The summed E-state index contributed by atoms with van der Waals surface area (Å²) >= 11 is 0. The lowest BCUT2D eigenvalue weighted by atomic mass is 9.60. The van der Waals surface area contributed by atoms with Crippen LogP contribution in [0.2, 0.25) is 0 Å². The van der Waals surface area contributed by atoms with Crippen LogP contribution in [0.5, 0.6) is 0 Å². The maximum absolute atomic E-state index is 16.6. The van der Waals surface area contributed by atoms with Gasteiger partial charge in [-0.1, -0.05) is 193 Å². The molecule has 10 rings (SSSR count). The standard InChI is InChI=1S/C95H114N8O15/c1-12-70(61-30-18-13-19-31-61)79(85(106)98-49-28-48-96-83(104)66-40-44-68(45-41-66)100(8)9)75(90(111)112)53-72(63-34-22-15-23-35-63)81-74(87(108)102(88(81)109)51-29-50-97-84(105)67-42-46-69(47-43-67)101(10)11)54-73(64-36-24-16-25-37-64)82-89(110)103(57-59(4)5)94(117)95(82,7)55-77(65-38-26-17-27-39-65)80(86(107)99-56-58(2)3)76(91(113)114)52-71(62-32-20-14-21-33-62)78-60(6)92(115)118-93(78)116/h13-27,30-47,58-60,70-82H,12,28-29,48-57H2,1-11H3,(H,96,104)(H,97,105)(H,98,106)(H,99,107)(H,111,112)(H,113,114). The highest BCUT2D eigenvalue weighted by Crippen LogP contribution is 2.57. The normalized spacial score (nSPS) is 20.3. The second kappa shape index (κ2) is 40.5. The Morgan fingerprint density at radius 2 is 0.890 bits per heavy atom. The van der Waals surface area contributed by atoms with Crippen LogP contribution in [0.3, 0.4) is 0 Å². The molecule has 15 atom stereocenters. The summed E-state index contributed by atoms with van der Waals surface area (Å²) < 4.78 is 5.24. The molecule has 6 N–H and O–H groups in total. The van der Waals surface area contributed by atoms with Gasteiger partial charge in [0.2, 0.25) is 35.4 Å². The topological polar surface area (TPSA) is 316 Å². The van der Waals surface area contributed by atoms with Crippen LogP contribution in [0.4, 0.5) is 11.4 Å². The first-order valence-electron chi connectivity index (χ1n) is 41.3. The number of hydrogen-bond acceptors (Lipinski definition) is 15. The van der Waals surface area contributed by atoms with Gasteiger partial charge in [0.05, 0.1) is 58.7 Å². The van der Waals surface area contributed by atoms with E-state index in [1.807, 2.05) is 115 Å². The van der Waals surface area contributed by atoms with E-state index in [1.165, 1.54) is 4.90 Å². The Bertz CT molecular complexity index is 4650. The predicted molar refractivity (Wildman–Crippen MR) is 451 cm³/mol. The molecule has 15 unspecified atom stereocenters. The molecule has 3 saturated heterocycles. The minimum absolute atomic E-state index is 0.00571. The number of hydrogen-bond donors (Lipinski definition) is 6. The third-order valence-corrected chi connectivity index (χ3v) is 24.2. The van der Waals surface area contributed by atoms with Gasteiger partial charge in [0.15, 0.2) is 0 Å². The number of nitrogens with one attached hydrogen (secondary N) is 4. The number of carbonyl (C=O) groups excluding carboxylic acids is 10. The van der Waals surface area contributed by atoms with Crippen LogP contribution in [-0.4, -0.2) is 159 Å². The van der Waals surface area contributed by atoms with Gasteiger partial charge in [-0.25, -0.2) is 0 Å². The molecule has 7 aromatic carbocycles. The maximum atomic E-state index is 16.6. The van der Waals surface area contributed by atoms with Crippen LogP contribution in [-0.2, 0) is 52.7 Å². The lowest BCUT2D eigenvalue weighted by Gasteiger charge is -2.41. The molecular weight excluding hydrogens is 1490 g/mol. The molecule has 0 saturated carbocycles. The van der Waals surface area contributed by atoms with E-state index in [4.69, 9.17) is 4.74 Å². The summed E-state index contributed by atoms with van der Waals surface area (Å²) in [7, 11) is 7.55. The van der Waals surface area contributed by atoms with E-state index >= 15 is 28.8 Å². The number of likely N-dealkylation sites (tertiary alicyclic amines) is 2. The van der Waals surface area contributed by atoms with Crippen LogP contribution in [0, 0.1) is 70.5 Å². The van der Waals surface area contributed by atoms with Gasteiger partial charge < -0.3 is 46.0 Å². The molecule has 7 aromatic rings. The average Bonchev–Trinajstić information content (AvgIpc) is 1.56. The highest BCUT2D eigenvalue weighted by atomic mass is 16.6. The number of rotatable bonds is 41. The van der Waals surface area contributed by atoms with E-state index < -0.39 is 153 Å². The van der Waals surface area contributed by atoms with Crippen molar-refractivity contribution in [1.29, 1.82) is 0 Å². The van der Waals surface area contributed by atoms with Crippen molar-refractivity contribution in [3.8, 4) is 0 Å². The third kappa shape index (κ3) is 20.8. The Kier molecular flexibility index (Phi) is 30.5. The quantitative estimate of drug-likeness (QED) is 0.00897. The van der Waals surface area contributed by atoms with Crippen molar-refractivity contribution in [1.82, 2.24) is 31.1 Å². The number of carboxylic acids is 2. The molecule has 23 heteroatoms. The van der Waals surface area contributed by atoms with Gasteiger partial charge >= 0.3 is 23.9 Å². The summed E-state index contributed by atoms with van der Waals surface area (Å²) in [6, 6.07) is 58.2. The van der Waals surface area contributed by atoms with Gasteiger partial charge in [0.1, 0.15) is 0 Å². The number of benzene rings is 7. The van der Waals surface area contributed by atoms with Crippen LogP contribution >= 0.6 is 0 Å². The molecule has 3 aliphatic heterocycles. The van der Waals surface area contributed by atoms with Crippen molar-refractivity contribution >= 4 is 82.5 Å². The minimum Gasteiger partial charge on any atom is -0.481 e. The number of aliphatic carboxylic acids is 2. The number of carboxylic acid groups (broad SMARTS) is 2. The number of anilines is 2. The Hall–Kier alpha value is -11.6. The summed E-state index contributed by atoms with van der Waals surface area (Å²) in [4.78, 5) is 188. The molecule has 0 bridgehead atoms. The minimum atomic E-state index is -1.91. The summed E-state index contributed by atoms with van der Waals surface area (Å²) in [5.74, 6) is -27.3. The molecular formula is C95H114N8O15. The summed E-state index contributed by atoms with van der Waals surface area (Å²) in [5, 5.41) is 36.0. The third-order valence-electron chi connectivity index (χ3n) is 24.2. The van der Waals surface area contributed by atoms with Crippen molar-refractivity contribution in [2.24, 2.45) is 70.5 Å². The smallest absolute Gasteiger partial charge is 0.318 e. The van der Waals surface area contributed by atoms with Crippen LogP contribution in [0.15, 0.2) is 200 Å². The molecule has 0 aliphatic carbocycles. The molecule has 0 aromatic heterocycles. The largest absolute Gasteiger partial charge is 0.481 e. The van der Waals surface area contributed by atoms with Crippen LogP contribution in [0.25, 0.3) is 0 Å². The van der Waals surface area contributed by atoms with E-state index in [0.717, 1.165) is 16.3 Å². The molecule has 118 heavy (non-hydrogen) atoms. The first kappa shape index (κ1) is 88.7. The fraction of sp³-hybridized carbons (Fsp3) is 0.432. The Balaban J connectivity index is 1.10. The number of amides is 8. The SMILES string of the molecule is CCC(c1ccccc1)C(C(=O)NCCCNC(=O)c1ccc(N(C)C)cc1)C(CC(c1ccccc1)C1C(=O)N(CCCNC(=O)c2ccc(N(C)C)cc2)C(=O)C1CC(c1ccccc1)C1C(=O)N(CC(C)C)C(=O)C1(C)CC(c1ccccc1)C(C(=O)NCC(C)C)C(CC(c1ccccc1)C1C(=O)OC(=O)C1C)C(=O)O)C(=O)O. The molecule has 0 spiro atoms. The predicted octanol–water partition coefficient (Wildman–Crippen LogP) is 12.8. The Morgan fingerprint density at radius 3 is 1.31 bits per heavy atom. The molecule has 23 nitrogen and oxygen atoms in total. The number of ether oxygens (including phenoxy) is 1. The zero-order chi connectivity index (χ0) is 85.2. The highest BCUT2D eigenvalue weighted by Gasteiger charge is 2.63. The first-order chi connectivity index (χ1) is 56.4. The zero-order valence-corrected chi connectivity index (χ0v) is 69.5. The maximum Gasteiger partial charge on any atom is 0.318 e. The van der Waals surface area contributed by atoms with Gasteiger partial charge in [-0.2, -0.15) is 0 Å². The van der Waals surface area contributed by atoms with E-state index in [0.29, 0.717) is 38.9 Å². The van der Waals surface area contributed by atoms with Crippen molar-refractivity contribution in [3.63, 3.8) is 0 Å². The number of imide groups is 2. The van der Waals surface area contributed by atoms with Crippen LogP contribution in [0.1, 0.15) is 172 Å². The second-order valence-electron chi connectivity index (χ2n) is 33.4. The fourth-order valence-electron chi connectivity index (χ4n) is 18.2. The highest BCUT2D eigenvalue weighted by molar-refractivity contribution is 6.09. The van der Waals surface area contributed by atoms with E-state index in [2.05, 4.69) is 21.3 Å². The van der Waals surface area contributed by atoms with E-state index in [-0.39, 0.29) is 102 Å². The number of nitrogens with zero attached hydrogens (tertiary/aromatic N) is 4. The number of cyclic esters (lactones) is 2. The van der Waals surface area contributed by atoms with Gasteiger partial charge in [-0.3, -0.25) is 67.3 Å². The zero-order valence-electron chi connectivity index (χ0n) is 69.5. The Labute approximate surface area is 692 Å². The van der Waals surface area contributed by atoms with Gasteiger partial charge in [-0.15, -0.1) is 0 Å². The number of carbonyl (C=O) groups is 12. The summed E-state index contributed by atoms with van der Waals surface area (Å²) in [5.41, 5.74) is 3.28. The second-order valence-corrected chi connectivity index (χ2v) is 33.4. The average molecular weight is 1610 g/mol. The molecule has 3 fully saturated rings. The monoisotopic (exact) mass is 1610 g/mol. The molecule has 8 amide bonds. The lowest BCUT2D eigenvalue weighted by Crippen LogP contribution is -2.46. The number of esters is 2. The van der Waals surface area contributed by atoms with Gasteiger partial charge in [0.25, 0.3) is 11.8 Å². The van der Waals surface area contributed by atoms with Crippen molar-refractivity contribution in [2.75, 3.05) is 77.3 Å². The van der Waals surface area contributed by atoms with E-state index in [9.17, 15) is 39.0 Å². The van der Waals surface area contributed by atoms with Gasteiger partial charge in [0, 0.05) is 90.0 Å². The summed E-state index contributed by atoms with van der Waals surface area (Å²) in [6.45, 7) is 12.5. The fourth-order valence-corrected chi connectivity index (χ4v) is 18.2. The molecule has 3 aliphatic rings. The molecule has 624 valence electrons. The lowest BCUT2D eigenvalue weighted by molar-refractivity contribution is -0.155. The molecule has 0 radical (unpaired) electrons. The molecule has 3 heterocycles. The van der Waals surface area contributed by atoms with Gasteiger partial charge in [-0.05, 0) is 170 Å². The Morgan fingerprint density at radius 1 is 0.475 bits per heavy atom. The van der Waals surface area contributed by atoms with E-state index in [1.54, 1.807) is 172 Å². The van der Waals surface area contributed by atoms with Crippen LogP contribution < -0.4 is 31.1 Å². The van der Waals surface area contributed by atoms with Crippen molar-refractivity contribution in [3.05, 3.63) is 239 Å². The van der Waals surface area contributed by atoms with Crippen molar-refractivity contribution < 1.29 is 72.5 Å². The first-order valence-corrected chi connectivity index (χ1v) is 41.3. The van der Waals surface area contributed by atoms with Crippen molar-refractivity contribution in [2.45, 2.75) is 123 Å². The summed E-state index contributed by atoms with van der Waals surface area (Å²) in [6.07, 6.45) is -0.823.